The number of nitrogens with zero attached hydrogens (tertiary/aromatic N) is 4. The molecule has 0 bridgehead atoms. The van der Waals surface area contributed by atoms with Gasteiger partial charge in [-0.1, -0.05) is 24.3 Å². The summed E-state index contributed by atoms with van der Waals surface area (Å²) in [5.41, 5.74) is 3.09. The fourth-order valence-corrected chi connectivity index (χ4v) is 5.98. The van der Waals surface area contributed by atoms with Crippen molar-refractivity contribution in [2.45, 2.75) is 31.7 Å². The first-order valence-corrected chi connectivity index (χ1v) is 12.1. The molecule has 0 atom stereocenters. The van der Waals surface area contributed by atoms with Crippen molar-refractivity contribution in [2.24, 2.45) is 7.05 Å². The predicted octanol–water partition coefficient (Wildman–Crippen LogP) is 1.88. The summed E-state index contributed by atoms with van der Waals surface area (Å²) in [5, 5.41) is 0. The highest BCUT2D eigenvalue weighted by molar-refractivity contribution is 7.89. The van der Waals surface area contributed by atoms with Crippen molar-refractivity contribution in [3.63, 3.8) is 0 Å². The Kier molecular flexibility index (Phi) is 5.96. The minimum absolute atomic E-state index is 0.0754. The molecule has 8 nitrogen and oxygen atoms in total. The normalized spacial score (nSPS) is 15.4. The zero-order valence-corrected chi connectivity index (χ0v) is 19.4. The van der Waals surface area contributed by atoms with Gasteiger partial charge in [-0.2, -0.15) is 4.31 Å². The van der Waals surface area contributed by atoms with Crippen molar-refractivity contribution in [2.75, 3.05) is 26.2 Å². The monoisotopic (exact) mass is 456 g/mol. The van der Waals surface area contributed by atoms with Crippen molar-refractivity contribution < 1.29 is 13.2 Å². The van der Waals surface area contributed by atoms with Crippen molar-refractivity contribution >= 4 is 27.0 Å². The molecule has 2 aromatic carbocycles. The Bertz CT molecular complexity index is 1330. The molecule has 3 aromatic rings. The number of fused-ring (bicyclic) bond motifs is 1. The number of rotatable bonds is 5. The van der Waals surface area contributed by atoms with Crippen LogP contribution < -0.4 is 5.69 Å². The molecule has 1 amide bonds. The van der Waals surface area contributed by atoms with Crippen LogP contribution in [0.5, 0.6) is 0 Å². The largest absolute Gasteiger partial charge is 0.340 e. The van der Waals surface area contributed by atoms with E-state index < -0.39 is 10.0 Å². The van der Waals surface area contributed by atoms with Gasteiger partial charge in [0, 0.05) is 46.2 Å². The number of hydrogen-bond acceptors (Lipinski definition) is 4. The molecule has 0 unspecified atom stereocenters. The smallest absolute Gasteiger partial charge is 0.328 e. The molecule has 1 aliphatic heterocycles. The second kappa shape index (κ2) is 8.55. The molecule has 1 saturated heterocycles. The van der Waals surface area contributed by atoms with E-state index in [1.54, 1.807) is 34.1 Å². The van der Waals surface area contributed by atoms with E-state index in [0.29, 0.717) is 24.5 Å². The van der Waals surface area contributed by atoms with E-state index in [4.69, 9.17) is 0 Å². The lowest BCUT2D eigenvalue weighted by Gasteiger charge is -2.34. The van der Waals surface area contributed by atoms with Gasteiger partial charge < -0.3 is 4.90 Å². The summed E-state index contributed by atoms with van der Waals surface area (Å²) in [4.78, 5) is 27.3. The van der Waals surface area contributed by atoms with Gasteiger partial charge in [0.15, 0.2) is 0 Å². The quantitative estimate of drug-likeness (QED) is 0.587. The molecular formula is C23H28N4O4S. The van der Waals surface area contributed by atoms with Crippen molar-refractivity contribution in [1.82, 2.24) is 18.3 Å². The second-order valence-corrected chi connectivity index (χ2v) is 10.2. The van der Waals surface area contributed by atoms with Crippen LogP contribution in [0, 0.1) is 13.8 Å². The van der Waals surface area contributed by atoms with Gasteiger partial charge in [-0.3, -0.25) is 13.9 Å². The average molecular weight is 457 g/mol. The standard InChI is InChI=1S/C23H28N4O4S/c1-17-8-9-18(2)21(16-17)32(30,31)26-14-12-25(13-15-26)22(28)10-11-27-20-7-5-4-6-19(20)24(3)23(27)29/h4-9,16H,10-15H2,1-3H3. The number of amides is 1. The number of para-hydroxylation sites is 2. The van der Waals surface area contributed by atoms with Gasteiger partial charge in [-0.15, -0.1) is 0 Å². The van der Waals surface area contributed by atoms with Crippen LogP contribution in [0.25, 0.3) is 11.0 Å². The summed E-state index contributed by atoms with van der Waals surface area (Å²) in [7, 11) is -1.88. The van der Waals surface area contributed by atoms with Gasteiger partial charge in [0.05, 0.1) is 15.9 Å². The Morgan fingerprint density at radius 3 is 2.31 bits per heavy atom. The third-order valence-electron chi connectivity index (χ3n) is 6.15. The van der Waals surface area contributed by atoms with Crippen molar-refractivity contribution in [1.29, 1.82) is 0 Å². The number of aryl methyl sites for hydroxylation is 4. The summed E-state index contributed by atoms with van der Waals surface area (Å²) in [5.74, 6) is -0.0754. The van der Waals surface area contributed by atoms with Crippen LogP contribution >= 0.6 is 0 Å². The van der Waals surface area contributed by atoms with E-state index in [-0.39, 0.29) is 31.1 Å². The number of carbonyl (C=O) groups excluding carboxylic acids is 1. The Balaban J connectivity index is 1.41. The molecule has 0 radical (unpaired) electrons. The number of sulfonamides is 1. The highest BCUT2D eigenvalue weighted by Gasteiger charge is 2.31. The van der Waals surface area contributed by atoms with E-state index in [1.807, 2.05) is 43.3 Å². The van der Waals surface area contributed by atoms with Gasteiger partial charge in [-0.05, 0) is 43.2 Å². The highest BCUT2D eigenvalue weighted by atomic mass is 32.2. The maximum absolute atomic E-state index is 13.1. The second-order valence-electron chi connectivity index (χ2n) is 8.29. The van der Waals surface area contributed by atoms with Crippen molar-refractivity contribution in [3.05, 3.63) is 64.1 Å². The topological polar surface area (TPSA) is 84.6 Å². The van der Waals surface area contributed by atoms with Gasteiger partial charge >= 0.3 is 5.69 Å². The Labute approximate surface area is 187 Å². The van der Waals surface area contributed by atoms with Gasteiger partial charge in [0.2, 0.25) is 15.9 Å². The summed E-state index contributed by atoms with van der Waals surface area (Å²) in [6.07, 6.45) is 0.192. The van der Waals surface area contributed by atoms with Crippen LogP contribution in [0.4, 0.5) is 0 Å². The van der Waals surface area contributed by atoms with Crippen LogP contribution in [0.3, 0.4) is 0 Å². The molecule has 0 saturated carbocycles. The zero-order valence-electron chi connectivity index (χ0n) is 18.6. The minimum atomic E-state index is -3.60. The molecule has 9 heteroatoms. The van der Waals surface area contributed by atoms with Gasteiger partial charge in [-0.25, -0.2) is 13.2 Å². The lowest BCUT2D eigenvalue weighted by atomic mass is 10.2. The van der Waals surface area contributed by atoms with E-state index >= 15 is 0 Å². The fraction of sp³-hybridized carbons (Fsp3) is 0.391. The Morgan fingerprint density at radius 2 is 1.62 bits per heavy atom. The Morgan fingerprint density at radius 1 is 0.969 bits per heavy atom. The summed E-state index contributed by atoms with van der Waals surface area (Å²) in [6, 6.07) is 12.9. The molecule has 0 N–H and O–H groups in total. The van der Waals surface area contributed by atoms with Gasteiger partial charge in [0.1, 0.15) is 0 Å². The first-order valence-electron chi connectivity index (χ1n) is 10.7. The van der Waals surface area contributed by atoms with Crippen LogP contribution in [0.1, 0.15) is 17.5 Å². The van der Waals surface area contributed by atoms with E-state index in [0.717, 1.165) is 22.2 Å². The lowest BCUT2D eigenvalue weighted by Crippen LogP contribution is -2.50. The summed E-state index contributed by atoms with van der Waals surface area (Å²) in [6.45, 7) is 5.16. The molecule has 1 fully saturated rings. The van der Waals surface area contributed by atoms with Crippen LogP contribution in [-0.2, 0) is 28.4 Å². The van der Waals surface area contributed by atoms with Crippen LogP contribution in [-0.4, -0.2) is 58.8 Å². The van der Waals surface area contributed by atoms with Crippen LogP contribution in [0.2, 0.25) is 0 Å². The van der Waals surface area contributed by atoms with Crippen molar-refractivity contribution in [3.8, 4) is 0 Å². The predicted molar refractivity (Wildman–Crippen MR) is 123 cm³/mol. The highest BCUT2D eigenvalue weighted by Crippen LogP contribution is 2.22. The third kappa shape index (κ3) is 3.98. The SMILES string of the molecule is Cc1ccc(C)c(S(=O)(=O)N2CCN(C(=O)CCn3c(=O)n(C)c4ccccc43)CC2)c1. The molecule has 4 rings (SSSR count). The molecule has 0 aliphatic carbocycles. The van der Waals surface area contributed by atoms with E-state index in [1.165, 1.54) is 4.31 Å². The third-order valence-corrected chi connectivity index (χ3v) is 8.19. The fourth-order valence-electron chi connectivity index (χ4n) is 4.25. The van der Waals surface area contributed by atoms with Gasteiger partial charge in [0.25, 0.3) is 0 Å². The maximum atomic E-state index is 13.1. The number of aromatic nitrogens is 2. The van der Waals surface area contributed by atoms with E-state index in [9.17, 15) is 18.0 Å². The van der Waals surface area contributed by atoms with E-state index in [2.05, 4.69) is 0 Å². The molecule has 2 heterocycles. The Hall–Kier alpha value is -2.91. The molecule has 0 spiro atoms. The molecule has 32 heavy (non-hydrogen) atoms. The summed E-state index contributed by atoms with van der Waals surface area (Å²) >= 11 is 0. The molecule has 1 aromatic heterocycles. The first-order chi connectivity index (χ1) is 15.2. The maximum Gasteiger partial charge on any atom is 0.328 e. The number of hydrogen-bond donors (Lipinski definition) is 0. The molecule has 170 valence electrons. The zero-order chi connectivity index (χ0) is 23.0. The number of piperazine rings is 1. The summed E-state index contributed by atoms with van der Waals surface area (Å²) < 4.78 is 30.8. The minimum Gasteiger partial charge on any atom is -0.340 e. The molecular weight excluding hydrogens is 428 g/mol. The number of imidazole rings is 1. The lowest BCUT2D eigenvalue weighted by molar-refractivity contribution is -0.132. The first kappa shape index (κ1) is 22.3. The molecule has 1 aliphatic rings. The number of carbonyl (C=O) groups is 1. The number of benzene rings is 2. The van der Waals surface area contributed by atoms with Crippen LogP contribution in [0.15, 0.2) is 52.2 Å². The average Bonchev–Trinajstić information content (AvgIpc) is 3.03.